The number of carbonyl (C=O) groups is 1. The number of rotatable bonds is 9. The first-order valence-electron chi connectivity index (χ1n) is 13.3. The second-order valence-corrected chi connectivity index (χ2v) is 13.1. The molecule has 2 saturated carbocycles. The normalized spacial score (nSPS) is 23.2. The van der Waals surface area contributed by atoms with Crippen LogP contribution in [-0.4, -0.2) is 42.1 Å². The van der Waals surface area contributed by atoms with Crippen LogP contribution in [0, 0.1) is 5.92 Å². The number of carbonyl (C=O) groups excluding carboxylic acids is 1. The summed E-state index contributed by atoms with van der Waals surface area (Å²) in [6, 6.07) is 4.86. The highest BCUT2D eigenvalue weighted by molar-refractivity contribution is 7.90. The van der Waals surface area contributed by atoms with Crippen molar-refractivity contribution in [2.75, 3.05) is 6.61 Å². The van der Waals surface area contributed by atoms with E-state index < -0.39 is 28.3 Å². The number of alkyl halides is 3. The minimum atomic E-state index is -4.42. The molecule has 206 valence electrons. The van der Waals surface area contributed by atoms with Crippen molar-refractivity contribution in [3.8, 4) is 5.75 Å². The van der Waals surface area contributed by atoms with Crippen LogP contribution in [0.3, 0.4) is 0 Å². The number of fused-ring (bicyclic) bond motifs is 3. The van der Waals surface area contributed by atoms with Crippen LogP contribution in [0.15, 0.2) is 18.2 Å². The third kappa shape index (κ3) is 4.92. The molecule has 0 saturated heterocycles. The fourth-order valence-electron chi connectivity index (χ4n) is 5.89. The number of nitrogens with one attached hydrogen (secondary N) is 2. The van der Waals surface area contributed by atoms with E-state index in [1.54, 1.807) is 16.8 Å². The molecule has 2 fully saturated rings. The number of nitrogens with zero attached hydrogens (tertiary/aromatic N) is 2. The summed E-state index contributed by atoms with van der Waals surface area (Å²) in [4.78, 5) is 13.6. The van der Waals surface area contributed by atoms with Gasteiger partial charge in [-0.05, 0) is 61.3 Å². The van der Waals surface area contributed by atoms with Crippen LogP contribution < -0.4 is 14.8 Å². The lowest BCUT2D eigenvalue weighted by Gasteiger charge is -2.35. The molecule has 2 aromatic rings. The molecule has 2 N–H and O–H groups in total. The van der Waals surface area contributed by atoms with Gasteiger partial charge in [0.15, 0.2) is 6.61 Å². The van der Waals surface area contributed by atoms with Crippen LogP contribution in [0.25, 0.3) is 0 Å². The van der Waals surface area contributed by atoms with Crippen molar-refractivity contribution in [1.82, 2.24) is 19.8 Å². The Morgan fingerprint density at radius 1 is 1.21 bits per heavy atom. The molecule has 8 nitrogen and oxygen atoms in total. The molecule has 1 atom stereocenters. The van der Waals surface area contributed by atoms with Gasteiger partial charge >= 0.3 is 6.18 Å². The van der Waals surface area contributed by atoms with Crippen LogP contribution in [-0.2, 0) is 41.5 Å². The fraction of sp³-hybridized carbons (Fsp3) is 0.615. The van der Waals surface area contributed by atoms with Gasteiger partial charge in [-0.15, -0.1) is 0 Å². The Morgan fingerprint density at radius 3 is 2.68 bits per heavy atom. The maximum Gasteiger partial charge on any atom is 0.422 e. The summed E-state index contributed by atoms with van der Waals surface area (Å²) >= 11 is 0. The molecular formula is C26H31F3N4O4S. The van der Waals surface area contributed by atoms with Gasteiger partial charge in [-0.2, -0.15) is 18.3 Å². The summed E-state index contributed by atoms with van der Waals surface area (Å²) in [7, 11) is -3.46. The van der Waals surface area contributed by atoms with E-state index in [0.717, 1.165) is 24.0 Å². The SMILES string of the molecule is O=C1N[C@@]2(CCc3cc(OCC(F)(F)F)ccc32)Cc2nn(CCC3CC3)c(CNS(=O)(=O)C3CCC3)c21. The highest BCUT2D eigenvalue weighted by Gasteiger charge is 2.46. The summed E-state index contributed by atoms with van der Waals surface area (Å²) in [5.41, 5.74) is 2.64. The second kappa shape index (κ2) is 9.25. The fourth-order valence-corrected chi connectivity index (χ4v) is 7.41. The van der Waals surface area contributed by atoms with Gasteiger partial charge in [0.2, 0.25) is 10.0 Å². The molecule has 4 aliphatic rings. The highest BCUT2D eigenvalue weighted by atomic mass is 32.2. The van der Waals surface area contributed by atoms with Crippen molar-refractivity contribution in [3.63, 3.8) is 0 Å². The molecule has 0 unspecified atom stereocenters. The average Bonchev–Trinajstić information content (AvgIpc) is 3.48. The Hall–Kier alpha value is -2.60. The standard InChI is InChI=1S/C26H31F3N4O4S/c27-26(28,29)15-37-18-6-7-20-17(12-18)8-10-25(20)13-21-23(24(34)31-25)22(33(32-21)11-9-16-4-5-16)14-30-38(35,36)19-2-1-3-19/h6-7,12,16,19,30H,1-5,8-11,13-15H2,(H,31,34)/t25-/m0/s1. The van der Waals surface area contributed by atoms with E-state index in [4.69, 9.17) is 9.84 Å². The quantitative estimate of drug-likeness (QED) is 0.494. The Balaban J connectivity index is 1.27. The maximum atomic E-state index is 13.6. The molecule has 1 aromatic heterocycles. The van der Waals surface area contributed by atoms with E-state index >= 15 is 0 Å². The molecule has 0 bridgehead atoms. The molecule has 38 heavy (non-hydrogen) atoms. The summed E-state index contributed by atoms with van der Waals surface area (Å²) in [5, 5.41) is 7.60. The lowest BCUT2D eigenvalue weighted by molar-refractivity contribution is -0.153. The number of aromatic nitrogens is 2. The molecular weight excluding hydrogens is 521 g/mol. The zero-order valence-electron chi connectivity index (χ0n) is 20.9. The molecule has 1 aliphatic heterocycles. The predicted octanol–water partition coefficient (Wildman–Crippen LogP) is 3.72. The van der Waals surface area contributed by atoms with E-state index in [9.17, 15) is 26.4 Å². The molecule has 6 rings (SSSR count). The number of benzene rings is 1. The summed E-state index contributed by atoms with van der Waals surface area (Å²) in [5.74, 6) is 0.490. The number of halogens is 3. The van der Waals surface area contributed by atoms with Gasteiger partial charge in [0, 0.05) is 13.0 Å². The van der Waals surface area contributed by atoms with Crippen molar-refractivity contribution in [2.45, 2.75) is 87.8 Å². The van der Waals surface area contributed by atoms with E-state index in [0.29, 0.717) is 61.5 Å². The average molecular weight is 553 g/mol. The Bertz CT molecular complexity index is 1370. The Morgan fingerprint density at radius 2 is 2.00 bits per heavy atom. The number of amides is 1. The molecule has 2 heterocycles. The van der Waals surface area contributed by atoms with Crippen LogP contribution in [0.1, 0.15) is 77.8 Å². The lowest BCUT2D eigenvalue weighted by atomic mass is 9.82. The van der Waals surface area contributed by atoms with Crippen LogP contribution in [0.2, 0.25) is 0 Å². The molecule has 1 aromatic carbocycles. The first kappa shape index (κ1) is 25.7. The van der Waals surface area contributed by atoms with E-state index in [1.165, 1.54) is 18.9 Å². The summed E-state index contributed by atoms with van der Waals surface area (Å²) in [6.07, 6.45) is 2.69. The van der Waals surface area contributed by atoms with Gasteiger partial charge in [-0.1, -0.05) is 25.3 Å². The smallest absolute Gasteiger partial charge is 0.422 e. The van der Waals surface area contributed by atoms with Gasteiger partial charge in [0.1, 0.15) is 5.75 Å². The van der Waals surface area contributed by atoms with Crippen molar-refractivity contribution >= 4 is 15.9 Å². The molecule has 12 heteroatoms. The molecule has 3 aliphatic carbocycles. The van der Waals surface area contributed by atoms with Gasteiger partial charge in [0.05, 0.1) is 34.3 Å². The Labute approximate surface area is 219 Å². The molecule has 1 spiro atoms. The van der Waals surface area contributed by atoms with E-state index in [1.807, 2.05) is 0 Å². The van der Waals surface area contributed by atoms with Gasteiger partial charge in [-0.25, -0.2) is 13.1 Å². The van der Waals surface area contributed by atoms with Crippen molar-refractivity contribution in [1.29, 1.82) is 0 Å². The second-order valence-electron chi connectivity index (χ2n) is 11.1. The van der Waals surface area contributed by atoms with Crippen LogP contribution in [0.5, 0.6) is 5.75 Å². The monoisotopic (exact) mass is 552 g/mol. The van der Waals surface area contributed by atoms with E-state index in [-0.39, 0.29) is 23.5 Å². The number of sulfonamides is 1. The minimum absolute atomic E-state index is 0.0166. The minimum Gasteiger partial charge on any atom is -0.484 e. The third-order valence-electron chi connectivity index (χ3n) is 8.37. The Kier molecular flexibility index (Phi) is 6.25. The zero-order valence-corrected chi connectivity index (χ0v) is 21.8. The van der Waals surface area contributed by atoms with Crippen LogP contribution in [0.4, 0.5) is 13.2 Å². The first-order chi connectivity index (χ1) is 18.0. The largest absolute Gasteiger partial charge is 0.484 e. The summed E-state index contributed by atoms with van der Waals surface area (Å²) < 4.78 is 72.6. The molecule has 1 amide bonds. The van der Waals surface area contributed by atoms with Crippen molar-refractivity contribution < 1.29 is 31.1 Å². The van der Waals surface area contributed by atoms with Gasteiger partial charge < -0.3 is 10.1 Å². The topological polar surface area (TPSA) is 102 Å². The number of hydrogen-bond acceptors (Lipinski definition) is 5. The predicted molar refractivity (Wildman–Crippen MR) is 132 cm³/mol. The van der Waals surface area contributed by atoms with Crippen molar-refractivity contribution in [2.24, 2.45) is 5.92 Å². The number of hydrogen-bond donors (Lipinski definition) is 2. The van der Waals surface area contributed by atoms with Gasteiger partial charge in [-0.3, -0.25) is 9.48 Å². The van der Waals surface area contributed by atoms with Crippen LogP contribution >= 0.6 is 0 Å². The number of aryl methyl sites for hydroxylation is 2. The molecule has 0 radical (unpaired) electrons. The zero-order chi connectivity index (χ0) is 26.7. The third-order valence-corrected chi connectivity index (χ3v) is 10.3. The van der Waals surface area contributed by atoms with Gasteiger partial charge in [0.25, 0.3) is 5.91 Å². The van der Waals surface area contributed by atoms with Crippen molar-refractivity contribution in [3.05, 3.63) is 46.3 Å². The first-order valence-corrected chi connectivity index (χ1v) is 14.8. The maximum absolute atomic E-state index is 13.6. The number of ether oxygens (including phenoxy) is 1. The lowest BCUT2D eigenvalue weighted by Crippen LogP contribution is -2.50. The van der Waals surface area contributed by atoms with E-state index in [2.05, 4.69) is 10.0 Å². The summed E-state index contributed by atoms with van der Waals surface area (Å²) in [6.45, 7) is -0.722. The highest BCUT2D eigenvalue weighted by Crippen LogP contribution is 2.44.